The predicted molar refractivity (Wildman–Crippen MR) is 39.5 cm³/mol. The summed E-state index contributed by atoms with van der Waals surface area (Å²) in [7, 11) is 0. The largest absolute Gasteiger partial charge is 0.272 e. The van der Waals surface area contributed by atoms with Crippen LogP contribution in [0, 0.1) is 5.92 Å². The SMILES string of the molecule is CC(C)CC(=O)N=C=S. The van der Waals surface area contributed by atoms with Crippen molar-refractivity contribution >= 4 is 23.3 Å². The third kappa shape index (κ3) is 5.34. The number of hydrogen-bond donors (Lipinski definition) is 0. The van der Waals surface area contributed by atoms with Crippen molar-refractivity contribution in [1.82, 2.24) is 0 Å². The minimum absolute atomic E-state index is 0.181. The Balaban J connectivity index is 3.64. The average molecular weight is 143 g/mol. The second-order valence-electron chi connectivity index (χ2n) is 2.19. The number of aliphatic imine (C=N–C) groups is 1. The zero-order chi connectivity index (χ0) is 7.28. The molecule has 0 rings (SSSR count). The van der Waals surface area contributed by atoms with Crippen LogP contribution in [0.2, 0.25) is 0 Å². The van der Waals surface area contributed by atoms with Crippen LogP contribution >= 0.6 is 12.2 Å². The zero-order valence-corrected chi connectivity index (χ0v) is 6.36. The van der Waals surface area contributed by atoms with Gasteiger partial charge in [-0.15, -0.1) is 0 Å². The molecule has 0 aromatic carbocycles. The lowest BCUT2D eigenvalue weighted by Crippen LogP contribution is -1.97. The summed E-state index contributed by atoms with van der Waals surface area (Å²) in [5, 5.41) is 2.03. The molecule has 0 saturated heterocycles. The zero-order valence-electron chi connectivity index (χ0n) is 5.55. The first-order valence-corrected chi connectivity index (χ1v) is 3.18. The molecule has 0 fully saturated rings. The van der Waals surface area contributed by atoms with E-state index < -0.39 is 0 Å². The Morgan fingerprint density at radius 1 is 1.78 bits per heavy atom. The molecule has 0 aliphatic rings. The van der Waals surface area contributed by atoms with Crippen molar-refractivity contribution in [3.05, 3.63) is 0 Å². The second-order valence-corrected chi connectivity index (χ2v) is 2.38. The molecule has 0 aromatic rings. The third-order valence-electron chi connectivity index (χ3n) is 0.753. The molecule has 9 heavy (non-hydrogen) atoms. The summed E-state index contributed by atoms with van der Waals surface area (Å²) in [5.41, 5.74) is 0. The Morgan fingerprint density at radius 2 is 2.33 bits per heavy atom. The Bertz CT molecular complexity index is 147. The van der Waals surface area contributed by atoms with E-state index in [9.17, 15) is 4.79 Å². The van der Waals surface area contributed by atoms with Gasteiger partial charge in [-0.2, -0.15) is 4.99 Å². The summed E-state index contributed by atoms with van der Waals surface area (Å²) in [6, 6.07) is 0. The molecule has 0 aliphatic carbocycles. The summed E-state index contributed by atoms with van der Waals surface area (Å²) in [5.74, 6) is 0.171. The van der Waals surface area contributed by atoms with E-state index in [0.29, 0.717) is 12.3 Å². The molecule has 3 heteroatoms. The first-order chi connectivity index (χ1) is 4.16. The highest BCUT2D eigenvalue weighted by molar-refractivity contribution is 7.78. The fourth-order valence-corrected chi connectivity index (χ4v) is 0.548. The minimum atomic E-state index is -0.181. The van der Waals surface area contributed by atoms with E-state index in [1.165, 1.54) is 0 Å². The average Bonchev–Trinajstić information content (AvgIpc) is 1.63. The number of hydrogen-bond acceptors (Lipinski definition) is 2. The molecule has 1 amide bonds. The maximum absolute atomic E-state index is 10.6. The van der Waals surface area contributed by atoms with Gasteiger partial charge in [-0.1, -0.05) is 13.8 Å². The fourth-order valence-electron chi connectivity index (χ4n) is 0.446. The summed E-state index contributed by atoms with van der Waals surface area (Å²) in [4.78, 5) is 13.8. The van der Waals surface area contributed by atoms with Crippen LogP contribution in [-0.4, -0.2) is 11.1 Å². The van der Waals surface area contributed by atoms with Crippen molar-refractivity contribution < 1.29 is 4.79 Å². The maximum Gasteiger partial charge on any atom is 0.254 e. The number of amides is 1. The summed E-state index contributed by atoms with van der Waals surface area (Å²) in [6.45, 7) is 3.91. The number of isothiocyanates is 1. The highest BCUT2D eigenvalue weighted by Gasteiger charge is 2.00. The van der Waals surface area contributed by atoms with Gasteiger partial charge >= 0.3 is 0 Å². The number of rotatable bonds is 2. The van der Waals surface area contributed by atoms with Gasteiger partial charge in [0.1, 0.15) is 0 Å². The van der Waals surface area contributed by atoms with E-state index in [0.717, 1.165) is 0 Å². The van der Waals surface area contributed by atoms with Crippen LogP contribution in [0.3, 0.4) is 0 Å². The van der Waals surface area contributed by atoms with Gasteiger partial charge in [-0.25, -0.2) is 0 Å². The van der Waals surface area contributed by atoms with Crippen LogP contribution in [0.5, 0.6) is 0 Å². The molecule has 0 heterocycles. The van der Waals surface area contributed by atoms with Crippen LogP contribution in [-0.2, 0) is 4.79 Å². The van der Waals surface area contributed by atoms with Crippen LogP contribution < -0.4 is 0 Å². The molecule has 0 N–H and O–H groups in total. The first-order valence-electron chi connectivity index (χ1n) is 2.77. The normalized spacial score (nSPS) is 8.78. The van der Waals surface area contributed by atoms with Crippen LogP contribution in [0.25, 0.3) is 0 Å². The summed E-state index contributed by atoms with van der Waals surface area (Å²) in [6.07, 6.45) is 0.462. The first kappa shape index (κ1) is 8.47. The van der Waals surface area contributed by atoms with Crippen molar-refractivity contribution in [2.24, 2.45) is 10.9 Å². The molecule has 0 atom stereocenters. The quantitative estimate of drug-likeness (QED) is 0.434. The molecule has 0 radical (unpaired) electrons. The Labute approximate surface area is 60.0 Å². The number of thiocarbonyl (C=S) groups is 1. The lowest BCUT2D eigenvalue weighted by atomic mass is 10.1. The molecule has 0 aromatic heterocycles. The molecule has 0 spiro atoms. The molecule has 0 saturated carbocycles. The van der Waals surface area contributed by atoms with Gasteiger partial charge in [0, 0.05) is 6.42 Å². The number of carbonyl (C=O) groups is 1. The maximum atomic E-state index is 10.6. The van der Waals surface area contributed by atoms with Crippen molar-refractivity contribution in [3.8, 4) is 0 Å². The van der Waals surface area contributed by atoms with Gasteiger partial charge < -0.3 is 0 Å². The number of carbonyl (C=O) groups excluding carboxylic acids is 1. The van der Waals surface area contributed by atoms with Crippen molar-refractivity contribution in [2.75, 3.05) is 0 Å². The number of nitrogens with zero attached hydrogens (tertiary/aromatic N) is 1. The minimum Gasteiger partial charge on any atom is -0.272 e. The van der Waals surface area contributed by atoms with Crippen molar-refractivity contribution in [3.63, 3.8) is 0 Å². The predicted octanol–water partition coefficient (Wildman–Crippen LogP) is 1.66. The highest BCUT2D eigenvalue weighted by Crippen LogP contribution is 1.99. The highest BCUT2D eigenvalue weighted by atomic mass is 32.1. The van der Waals surface area contributed by atoms with Crippen LogP contribution in [0.1, 0.15) is 20.3 Å². The van der Waals surface area contributed by atoms with E-state index in [-0.39, 0.29) is 5.91 Å². The molecule has 0 unspecified atom stereocenters. The van der Waals surface area contributed by atoms with Gasteiger partial charge in [0.25, 0.3) is 5.91 Å². The smallest absolute Gasteiger partial charge is 0.254 e. The molecule has 0 bridgehead atoms. The lowest BCUT2D eigenvalue weighted by Gasteiger charge is -1.95. The molecule has 50 valence electrons. The van der Waals surface area contributed by atoms with Crippen LogP contribution in [0.15, 0.2) is 4.99 Å². The van der Waals surface area contributed by atoms with E-state index in [4.69, 9.17) is 0 Å². The molecular formula is C6H9NOS. The Morgan fingerprint density at radius 3 is 2.67 bits per heavy atom. The van der Waals surface area contributed by atoms with Gasteiger partial charge in [-0.3, -0.25) is 4.79 Å². The standard InChI is InChI=1S/C6H9NOS/c1-5(2)3-6(8)7-4-9/h5H,3H2,1-2H3. The summed E-state index contributed by atoms with van der Waals surface area (Å²) >= 11 is 4.24. The molecule has 2 nitrogen and oxygen atoms in total. The van der Waals surface area contributed by atoms with E-state index in [2.05, 4.69) is 17.2 Å². The van der Waals surface area contributed by atoms with E-state index in [1.807, 2.05) is 19.0 Å². The summed E-state index contributed by atoms with van der Waals surface area (Å²) < 4.78 is 0. The molecule has 0 aliphatic heterocycles. The van der Waals surface area contributed by atoms with E-state index >= 15 is 0 Å². The second kappa shape index (κ2) is 4.36. The van der Waals surface area contributed by atoms with Crippen LogP contribution in [0.4, 0.5) is 0 Å². The Hall–Kier alpha value is -0.530. The van der Waals surface area contributed by atoms with Gasteiger partial charge in [0.15, 0.2) is 0 Å². The van der Waals surface area contributed by atoms with Gasteiger partial charge in [0.05, 0.1) is 5.16 Å². The lowest BCUT2D eigenvalue weighted by molar-refractivity contribution is -0.118. The Kier molecular flexibility index (Phi) is 4.10. The third-order valence-corrected chi connectivity index (χ3v) is 0.844. The monoisotopic (exact) mass is 143 g/mol. The van der Waals surface area contributed by atoms with E-state index in [1.54, 1.807) is 0 Å². The van der Waals surface area contributed by atoms with Gasteiger partial charge in [0.2, 0.25) is 0 Å². The fraction of sp³-hybridized carbons (Fsp3) is 0.667. The topological polar surface area (TPSA) is 29.4 Å². The molecular weight excluding hydrogens is 134 g/mol. The van der Waals surface area contributed by atoms with Gasteiger partial charge in [-0.05, 0) is 18.1 Å². The van der Waals surface area contributed by atoms with Crippen molar-refractivity contribution in [1.29, 1.82) is 0 Å². The van der Waals surface area contributed by atoms with Crippen molar-refractivity contribution in [2.45, 2.75) is 20.3 Å².